The number of H-pyrrole nitrogens is 1. The number of fused-ring (bicyclic) bond motifs is 3. The van der Waals surface area contributed by atoms with Crippen molar-refractivity contribution in [1.29, 1.82) is 0 Å². The van der Waals surface area contributed by atoms with Gasteiger partial charge in [-0.1, -0.05) is 32.9 Å². The largest absolute Gasteiger partial charge is 0.493 e. The molecule has 3 aromatic rings. The summed E-state index contributed by atoms with van der Waals surface area (Å²) in [6.45, 7) is 7.18. The fourth-order valence-electron chi connectivity index (χ4n) is 3.91. The maximum absolute atomic E-state index is 12.6. The van der Waals surface area contributed by atoms with Crippen LogP contribution in [0.15, 0.2) is 47.6 Å². The molecule has 1 unspecified atom stereocenters. The highest BCUT2D eigenvalue weighted by molar-refractivity contribution is 5.99. The SMILES string of the molecule is CC(C)COc1cccc(/C=N\NC(=O)c2ccc3[nH]c4c(c3c2)CC(C)CC4)c1. The summed E-state index contributed by atoms with van der Waals surface area (Å²) in [7, 11) is 0. The van der Waals surface area contributed by atoms with E-state index in [1.807, 2.05) is 42.5 Å². The Balaban J connectivity index is 1.45. The van der Waals surface area contributed by atoms with Gasteiger partial charge < -0.3 is 9.72 Å². The van der Waals surface area contributed by atoms with Crippen molar-refractivity contribution < 1.29 is 9.53 Å². The molecule has 1 heterocycles. The van der Waals surface area contributed by atoms with Gasteiger partial charge in [0.15, 0.2) is 0 Å². The lowest BCUT2D eigenvalue weighted by atomic mass is 9.87. The Kier molecular flexibility index (Phi) is 5.88. The molecule has 0 spiro atoms. The van der Waals surface area contributed by atoms with Crippen molar-refractivity contribution in [3.05, 3.63) is 64.8 Å². The molecule has 1 aromatic heterocycles. The molecule has 1 amide bonds. The van der Waals surface area contributed by atoms with Crippen LogP contribution in [0.5, 0.6) is 5.75 Å². The predicted octanol–water partition coefficient (Wildman–Crippen LogP) is 5.09. The molecule has 0 radical (unpaired) electrons. The van der Waals surface area contributed by atoms with Gasteiger partial charge in [-0.3, -0.25) is 4.79 Å². The van der Waals surface area contributed by atoms with Crippen LogP contribution >= 0.6 is 0 Å². The van der Waals surface area contributed by atoms with Crippen LogP contribution in [-0.4, -0.2) is 23.7 Å². The third-order valence-corrected chi connectivity index (χ3v) is 5.52. The summed E-state index contributed by atoms with van der Waals surface area (Å²) in [5.74, 6) is 1.74. The monoisotopic (exact) mass is 403 g/mol. The summed E-state index contributed by atoms with van der Waals surface area (Å²) in [6, 6.07) is 13.5. The van der Waals surface area contributed by atoms with Crippen molar-refractivity contribution in [2.45, 2.75) is 40.0 Å². The molecule has 0 saturated carbocycles. The van der Waals surface area contributed by atoms with Gasteiger partial charge in [0.1, 0.15) is 5.75 Å². The van der Waals surface area contributed by atoms with Crippen LogP contribution in [0.4, 0.5) is 0 Å². The number of ether oxygens (including phenoxy) is 1. The highest BCUT2D eigenvalue weighted by atomic mass is 16.5. The number of benzene rings is 2. The highest BCUT2D eigenvalue weighted by Gasteiger charge is 2.20. The van der Waals surface area contributed by atoms with Crippen LogP contribution in [0.25, 0.3) is 10.9 Å². The molecular weight excluding hydrogens is 374 g/mol. The van der Waals surface area contributed by atoms with Crippen molar-refractivity contribution >= 4 is 23.0 Å². The van der Waals surface area contributed by atoms with Gasteiger partial charge in [-0.2, -0.15) is 5.10 Å². The van der Waals surface area contributed by atoms with Crippen molar-refractivity contribution in [3.63, 3.8) is 0 Å². The second-order valence-electron chi connectivity index (χ2n) is 8.67. The first kappa shape index (κ1) is 20.2. The van der Waals surface area contributed by atoms with Crippen LogP contribution in [0.3, 0.4) is 0 Å². The minimum absolute atomic E-state index is 0.209. The Labute approximate surface area is 177 Å². The molecule has 5 heteroatoms. The number of hydrogen-bond donors (Lipinski definition) is 2. The summed E-state index contributed by atoms with van der Waals surface area (Å²) < 4.78 is 5.74. The second kappa shape index (κ2) is 8.74. The quantitative estimate of drug-likeness (QED) is 0.445. The lowest BCUT2D eigenvalue weighted by molar-refractivity contribution is 0.0955. The van der Waals surface area contributed by atoms with Gasteiger partial charge in [-0.15, -0.1) is 0 Å². The van der Waals surface area contributed by atoms with E-state index in [4.69, 9.17) is 4.74 Å². The molecule has 2 N–H and O–H groups in total. The zero-order valence-corrected chi connectivity index (χ0v) is 17.9. The van der Waals surface area contributed by atoms with Gasteiger partial charge in [0.25, 0.3) is 5.91 Å². The minimum atomic E-state index is -0.209. The Hall–Kier alpha value is -3.08. The predicted molar refractivity (Wildman–Crippen MR) is 121 cm³/mol. The van der Waals surface area contributed by atoms with Gasteiger partial charge in [0, 0.05) is 22.2 Å². The van der Waals surface area contributed by atoms with Gasteiger partial charge in [-0.25, -0.2) is 5.43 Å². The van der Waals surface area contributed by atoms with E-state index < -0.39 is 0 Å². The van der Waals surface area contributed by atoms with Crippen LogP contribution in [0, 0.1) is 11.8 Å². The Morgan fingerprint density at radius 3 is 3.00 bits per heavy atom. The number of rotatable bonds is 6. The molecule has 156 valence electrons. The molecule has 0 aliphatic heterocycles. The molecule has 4 rings (SSSR count). The molecule has 0 fully saturated rings. The van der Waals surface area contributed by atoms with E-state index in [1.54, 1.807) is 6.21 Å². The van der Waals surface area contributed by atoms with Gasteiger partial charge in [-0.05, 0) is 72.6 Å². The number of aromatic nitrogens is 1. The van der Waals surface area contributed by atoms with Crippen molar-refractivity contribution in [2.24, 2.45) is 16.9 Å². The zero-order valence-electron chi connectivity index (χ0n) is 17.9. The third-order valence-electron chi connectivity index (χ3n) is 5.52. The molecule has 1 atom stereocenters. The number of carbonyl (C=O) groups is 1. The molecule has 0 saturated heterocycles. The average molecular weight is 404 g/mol. The highest BCUT2D eigenvalue weighted by Crippen LogP contribution is 2.32. The Bertz CT molecular complexity index is 1080. The first-order valence-corrected chi connectivity index (χ1v) is 10.7. The van der Waals surface area contributed by atoms with Crippen molar-refractivity contribution in [1.82, 2.24) is 10.4 Å². The van der Waals surface area contributed by atoms with Gasteiger partial charge in [0.2, 0.25) is 0 Å². The molecular formula is C25H29N3O2. The maximum atomic E-state index is 12.6. The minimum Gasteiger partial charge on any atom is -0.493 e. The lowest BCUT2D eigenvalue weighted by Crippen LogP contribution is -2.17. The van der Waals surface area contributed by atoms with Crippen LogP contribution in [-0.2, 0) is 12.8 Å². The molecule has 30 heavy (non-hydrogen) atoms. The smallest absolute Gasteiger partial charge is 0.271 e. The number of hydrazone groups is 1. The standard InChI is InChI=1S/C25H29N3O2/c1-16(2)15-30-20-6-4-5-18(12-20)14-26-28-25(29)19-8-10-24-22(13-19)21-11-17(3)7-9-23(21)27-24/h4-6,8,10,12-14,16-17,27H,7,9,11,15H2,1-3H3,(H,28,29)/b26-14-. The topological polar surface area (TPSA) is 66.5 Å². The Morgan fingerprint density at radius 2 is 2.17 bits per heavy atom. The first-order valence-electron chi connectivity index (χ1n) is 10.7. The van der Waals surface area contributed by atoms with E-state index in [2.05, 4.69) is 36.3 Å². The van der Waals surface area contributed by atoms with Crippen LogP contribution < -0.4 is 10.2 Å². The molecule has 0 bridgehead atoms. The zero-order chi connectivity index (χ0) is 21.1. The molecule has 1 aliphatic carbocycles. The van der Waals surface area contributed by atoms with E-state index in [9.17, 15) is 4.79 Å². The average Bonchev–Trinajstić information content (AvgIpc) is 3.09. The fourth-order valence-corrected chi connectivity index (χ4v) is 3.91. The summed E-state index contributed by atoms with van der Waals surface area (Å²) >= 11 is 0. The summed E-state index contributed by atoms with van der Waals surface area (Å²) in [6.07, 6.45) is 4.99. The van der Waals surface area contributed by atoms with E-state index in [-0.39, 0.29) is 5.91 Å². The van der Waals surface area contributed by atoms with Crippen LogP contribution in [0.1, 0.15) is 54.4 Å². The van der Waals surface area contributed by atoms with Crippen molar-refractivity contribution in [2.75, 3.05) is 6.61 Å². The van der Waals surface area contributed by atoms with E-state index in [1.165, 1.54) is 17.7 Å². The first-order chi connectivity index (χ1) is 14.5. The number of amides is 1. The summed E-state index contributed by atoms with van der Waals surface area (Å²) in [4.78, 5) is 16.1. The number of aryl methyl sites for hydroxylation is 1. The number of nitrogens with one attached hydrogen (secondary N) is 2. The van der Waals surface area contributed by atoms with Crippen LogP contribution in [0.2, 0.25) is 0 Å². The molecule has 5 nitrogen and oxygen atoms in total. The number of aromatic amines is 1. The second-order valence-corrected chi connectivity index (χ2v) is 8.67. The van der Waals surface area contributed by atoms with Crippen molar-refractivity contribution in [3.8, 4) is 5.75 Å². The number of hydrogen-bond acceptors (Lipinski definition) is 3. The lowest BCUT2D eigenvalue weighted by Gasteiger charge is -2.18. The van der Waals surface area contributed by atoms with Gasteiger partial charge >= 0.3 is 0 Å². The maximum Gasteiger partial charge on any atom is 0.271 e. The molecule has 1 aliphatic rings. The van der Waals surface area contributed by atoms with E-state index >= 15 is 0 Å². The number of carbonyl (C=O) groups excluding carboxylic acids is 1. The normalized spacial score (nSPS) is 16.2. The van der Waals surface area contributed by atoms with Gasteiger partial charge in [0.05, 0.1) is 12.8 Å². The third kappa shape index (κ3) is 4.56. The summed E-state index contributed by atoms with van der Waals surface area (Å²) in [5.41, 5.74) is 7.92. The fraction of sp³-hybridized carbons (Fsp3) is 0.360. The summed E-state index contributed by atoms with van der Waals surface area (Å²) in [5, 5.41) is 5.29. The Morgan fingerprint density at radius 1 is 1.30 bits per heavy atom. The van der Waals surface area contributed by atoms with E-state index in [0.29, 0.717) is 24.0 Å². The molecule has 2 aromatic carbocycles. The number of nitrogens with zero attached hydrogens (tertiary/aromatic N) is 1. The van der Waals surface area contributed by atoms with E-state index in [0.717, 1.165) is 35.1 Å².